The van der Waals surface area contributed by atoms with E-state index in [4.69, 9.17) is 9.15 Å². The SMILES string of the molecule is CSCc1ccc(C(=O)N2CCO[C@@H](CN3CCCC3)[C@@H]2c2ccccc2)o1. The van der Waals surface area contributed by atoms with Gasteiger partial charge in [-0.05, 0) is 49.9 Å². The Labute approximate surface area is 171 Å². The fourth-order valence-electron chi connectivity index (χ4n) is 4.23. The molecule has 150 valence electrons. The van der Waals surface area contributed by atoms with Gasteiger partial charge in [0.05, 0.1) is 24.5 Å². The Morgan fingerprint density at radius 3 is 2.64 bits per heavy atom. The van der Waals surface area contributed by atoms with E-state index in [1.165, 1.54) is 12.8 Å². The number of carbonyl (C=O) groups excluding carboxylic acids is 1. The predicted molar refractivity (Wildman–Crippen MR) is 112 cm³/mol. The summed E-state index contributed by atoms with van der Waals surface area (Å²) in [6.07, 6.45) is 4.49. The maximum absolute atomic E-state index is 13.3. The Morgan fingerprint density at radius 1 is 1.11 bits per heavy atom. The molecule has 6 heteroatoms. The van der Waals surface area contributed by atoms with Crippen molar-refractivity contribution in [1.82, 2.24) is 9.80 Å². The Balaban J connectivity index is 1.60. The summed E-state index contributed by atoms with van der Waals surface area (Å²) >= 11 is 1.69. The van der Waals surface area contributed by atoms with Crippen LogP contribution in [0.25, 0.3) is 0 Å². The lowest BCUT2D eigenvalue weighted by atomic mass is 9.97. The van der Waals surface area contributed by atoms with E-state index in [-0.39, 0.29) is 18.1 Å². The van der Waals surface area contributed by atoms with Gasteiger partial charge >= 0.3 is 0 Å². The lowest BCUT2D eigenvalue weighted by Gasteiger charge is -2.42. The third kappa shape index (κ3) is 4.29. The average molecular weight is 401 g/mol. The zero-order valence-electron chi connectivity index (χ0n) is 16.4. The van der Waals surface area contributed by atoms with Gasteiger partial charge in [0.2, 0.25) is 0 Å². The number of amides is 1. The molecule has 2 atom stereocenters. The number of rotatable bonds is 6. The molecule has 0 unspecified atom stereocenters. The average Bonchev–Trinajstić information content (AvgIpc) is 3.40. The maximum atomic E-state index is 13.3. The number of thioether (sulfide) groups is 1. The molecular weight excluding hydrogens is 372 g/mol. The molecule has 0 N–H and O–H groups in total. The van der Waals surface area contributed by atoms with Gasteiger partial charge in [-0.25, -0.2) is 0 Å². The number of ether oxygens (including phenoxy) is 1. The molecule has 1 aromatic carbocycles. The van der Waals surface area contributed by atoms with E-state index in [1.807, 2.05) is 35.4 Å². The van der Waals surface area contributed by atoms with E-state index in [0.29, 0.717) is 18.9 Å². The van der Waals surface area contributed by atoms with Gasteiger partial charge in [-0.2, -0.15) is 11.8 Å². The maximum Gasteiger partial charge on any atom is 0.290 e. The van der Waals surface area contributed by atoms with E-state index >= 15 is 0 Å². The number of likely N-dealkylation sites (tertiary alicyclic amines) is 1. The van der Waals surface area contributed by atoms with Gasteiger partial charge < -0.3 is 19.0 Å². The summed E-state index contributed by atoms with van der Waals surface area (Å²) in [6, 6.07) is 13.9. The van der Waals surface area contributed by atoms with Gasteiger partial charge in [0, 0.05) is 13.1 Å². The number of nitrogens with zero attached hydrogens (tertiary/aromatic N) is 2. The number of furan rings is 1. The molecule has 2 aliphatic heterocycles. The Hall–Kier alpha value is -1.76. The molecule has 2 saturated heterocycles. The van der Waals surface area contributed by atoms with Crippen molar-refractivity contribution in [2.45, 2.75) is 30.7 Å². The van der Waals surface area contributed by atoms with Crippen LogP contribution in [0, 0.1) is 0 Å². The number of benzene rings is 1. The first-order chi connectivity index (χ1) is 13.8. The molecule has 1 aromatic heterocycles. The van der Waals surface area contributed by atoms with Crippen molar-refractivity contribution in [3.63, 3.8) is 0 Å². The van der Waals surface area contributed by atoms with Crippen LogP contribution < -0.4 is 0 Å². The number of hydrogen-bond acceptors (Lipinski definition) is 5. The third-order valence-electron chi connectivity index (χ3n) is 5.55. The quantitative estimate of drug-likeness (QED) is 0.738. The highest BCUT2D eigenvalue weighted by atomic mass is 32.2. The zero-order chi connectivity index (χ0) is 19.3. The van der Waals surface area contributed by atoms with Crippen molar-refractivity contribution in [2.75, 3.05) is 39.0 Å². The van der Waals surface area contributed by atoms with Crippen molar-refractivity contribution < 1.29 is 13.9 Å². The van der Waals surface area contributed by atoms with Crippen LogP contribution in [0.2, 0.25) is 0 Å². The Kier molecular flexibility index (Phi) is 6.40. The highest BCUT2D eigenvalue weighted by molar-refractivity contribution is 7.97. The van der Waals surface area contributed by atoms with Gasteiger partial charge in [-0.15, -0.1) is 0 Å². The largest absolute Gasteiger partial charge is 0.455 e. The summed E-state index contributed by atoms with van der Waals surface area (Å²) in [6.45, 7) is 4.23. The van der Waals surface area contributed by atoms with Gasteiger partial charge in [-0.1, -0.05) is 30.3 Å². The van der Waals surface area contributed by atoms with Crippen molar-refractivity contribution in [2.24, 2.45) is 0 Å². The summed E-state index contributed by atoms with van der Waals surface area (Å²) < 4.78 is 12.0. The first-order valence-electron chi connectivity index (χ1n) is 10.0. The second kappa shape index (κ2) is 9.16. The van der Waals surface area contributed by atoms with E-state index in [9.17, 15) is 4.79 Å². The molecule has 1 amide bonds. The number of carbonyl (C=O) groups is 1. The normalized spacial score (nSPS) is 23.2. The van der Waals surface area contributed by atoms with Crippen molar-refractivity contribution >= 4 is 17.7 Å². The van der Waals surface area contributed by atoms with Crippen molar-refractivity contribution in [3.05, 3.63) is 59.5 Å². The molecule has 2 fully saturated rings. The van der Waals surface area contributed by atoms with Gasteiger partial charge in [0.15, 0.2) is 5.76 Å². The van der Waals surface area contributed by atoms with Crippen LogP contribution in [0.15, 0.2) is 46.9 Å². The molecule has 2 aliphatic rings. The smallest absolute Gasteiger partial charge is 0.290 e. The molecule has 3 heterocycles. The first kappa shape index (κ1) is 19.6. The standard InChI is InChI=1S/C22H28N2O3S/c1-28-16-18-9-10-19(27-18)22(25)24-13-14-26-20(15-23-11-5-6-12-23)21(24)17-7-3-2-4-8-17/h2-4,7-10,20-21H,5-6,11-16H2,1H3/t20-,21-/m0/s1. The lowest BCUT2D eigenvalue weighted by molar-refractivity contribution is -0.0714. The van der Waals surface area contributed by atoms with Crippen LogP contribution >= 0.6 is 11.8 Å². The van der Waals surface area contributed by atoms with Crippen molar-refractivity contribution in [1.29, 1.82) is 0 Å². The van der Waals surface area contributed by atoms with Crippen LogP contribution in [-0.2, 0) is 10.5 Å². The Bertz CT molecular complexity index is 773. The molecule has 0 aliphatic carbocycles. The second-order valence-electron chi connectivity index (χ2n) is 7.47. The van der Waals surface area contributed by atoms with E-state index < -0.39 is 0 Å². The van der Waals surface area contributed by atoms with E-state index in [2.05, 4.69) is 17.0 Å². The summed E-state index contributed by atoms with van der Waals surface area (Å²) in [5.41, 5.74) is 1.12. The van der Waals surface area contributed by atoms with Crippen LogP contribution in [0.5, 0.6) is 0 Å². The minimum Gasteiger partial charge on any atom is -0.455 e. The Morgan fingerprint density at radius 2 is 1.89 bits per heavy atom. The molecule has 0 bridgehead atoms. The highest BCUT2D eigenvalue weighted by Gasteiger charge is 2.38. The van der Waals surface area contributed by atoms with Gasteiger partial charge in [0.25, 0.3) is 5.91 Å². The molecule has 2 aromatic rings. The predicted octanol–water partition coefficient (Wildman–Crippen LogP) is 3.82. The topological polar surface area (TPSA) is 45.9 Å². The summed E-state index contributed by atoms with van der Waals surface area (Å²) in [4.78, 5) is 17.7. The van der Waals surface area contributed by atoms with Crippen LogP contribution in [0.4, 0.5) is 0 Å². The summed E-state index contributed by atoms with van der Waals surface area (Å²) in [5.74, 6) is 1.99. The number of hydrogen-bond donors (Lipinski definition) is 0. The molecule has 0 spiro atoms. The lowest BCUT2D eigenvalue weighted by Crippen LogP contribution is -2.51. The zero-order valence-corrected chi connectivity index (χ0v) is 17.2. The van der Waals surface area contributed by atoms with Crippen LogP contribution in [0.1, 0.15) is 40.8 Å². The first-order valence-corrected chi connectivity index (χ1v) is 11.4. The fourth-order valence-corrected chi connectivity index (χ4v) is 4.67. The molecule has 4 rings (SSSR count). The minimum atomic E-state index is -0.0999. The van der Waals surface area contributed by atoms with Crippen LogP contribution in [0.3, 0.4) is 0 Å². The molecular formula is C22H28N2O3S. The molecule has 0 radical (unpaired) electrons. The fraction of sp³-hybridized carbons (Fsp3) is 0.500. The van der Waals surface area contributed by atoms with Crippen molar-refractivity contribution in [3.8, 4) is 0 Å². The second-order valence-corrected chi connectivity index (χ2v) is 8.34. The highest BCUT2D eigenvalue weighted by Crippen LogP contribution is 2.32. The van der Waals surface area contributed by atoms with E-state index in [1.54, 1.807) is 17.8 Å². The molecule has 0 saturated carbocycles. The minimum absolute atomic E-state index is 0.0289. The number of morpholine rings is 1. The summed E-state index contributed by atoms with van der Waals surface area (Å²) in [5, 5.41) is 0. The molecule has 28 heavy (non-hydrogen) atoms. The monoisotopic (exact) mass is 400 g/mol. The van der Waals surface area contributed by atoms with Gasteiger partial charge in [0.1, 0.15) is 5.76 Å². The third-order valence-corrected chi connectivity index (χ3v) is 6.12. The molecule has 5 nitrogen and oxygen atoms in total. The van der Waals surface area contributed by atoms with Gasteiger partial charge in [-0.3, -0.25) is 4.79 Å². The van der Waals surface area contributed by atoms with E-state index in [0.717, 1.165) is 36.7 Å². The summed E-state index contributed by atoms with van der Waals surface area (Å²) in [7, 11) is 0. The van der Waals surface area contributed by atoms with Crippen LogP contribution in [-0.4, -0.2) is 60.9 Å².